The van der Waals surface area contributed by atoms with Crippen molar-refractivity contribution in [3.63, 3.8) is 0 Å². The van der Waals surface area contributed by atoms with Crippen LogP contribution in [0.3, 0.4) is 0 Å². The first-order chi connectivity index (χ1) is 10.6. The molecule has 2 aromatic carbocycles. The molecule has 0 aliphatic carbocycles. The van der Waals surface area contributed by atoms with Crippen LogP contribution >= 0.6 is 0 Å². The van der Waals surface area contributed by atoms with Gasteiger partial charge in [-0.15, -0.1) is 0 Å². The molecule has 0 fully saturated rings. The molecule has 2 amide bonds. The van der Waals surface area contributed by atoms with E-state index in [4.69, 9.17) is 10.5 Å². The van der Waals surface area contributed by atoms with Gasteiger partial charge in [0.2, 0.25) is 0 Å². The molecule has 2 N–H and O–H groups in total. The molecule has 0 saturated heterocycles. The molecule has 2 aromatic rings. The van der Waals surface area contributed by atoms with Gasteiger partial charge in [0, 0.05) is 12.6 Å². The highest BCUT2D eigenvalue weighted by Crippen LogP contribution is 2.25. The molecule has 112 valence electrons. The SMILES string of the molecule is COc1ccc(C(N)CN2C(=O)c3ccccc3C2=O)cc1. The Bertz CT molecular complexity index is 690. The maximum Gasteiger partial charge on any atom is 0.261 e. The van der Waals surface area contributed by atoms with E-state index < -0.39 is 6.04 Å². The Kier molecular flexibility index (Phi) is 3.65. The van der Waals surface area contributed by atoms with Crippen LogP contribution in [0.4, 0.5) is 0 Å². The van der Waals surface area contributed by atoms with E-state index in [0.717, 1.165) is 11.3 Å². The molecule has 1 aliphatic heterocycles. The first kappa shape index (κ1) is 14.3. The standard InChI is InChI=1S/C17H16N2O3/c1-22-12-8-6-11(7-9-12)15(18)10-19-16(20)13-4-2-3-5-14(13)17(19)21/h2-9,15H,10,18H2,1H3. The summed E-state index contributed by atoms with van der Waals surface area (Å²) in [6.45, 7) is 0.151. The van der Waals surface area contributed by atoms with Crippen molar-refractivity contribution in [3.8, 4) is 5.75 Å². The van der Waals surface area contributed by atoms with Gasteiger partial charge in [0.25, 0.3) is 11.8 Å². The van der Waals surface area contributed by atoms with E-state index in [0.29, 0.717) is 11.1 Å². The Morgan fingerprint density at radius 3 is 2.05 bits per heavy atom. The topological polar surface area (TPSA) is 72.6 Å². The number of nitrogens with two attached hydrogens (primary N) is 1. The molecule has 5 nitrogen and oxygen atoms in total. The summed E-state index contributed by atoms with van der Waals surface area (Å²) in [5.41, 5.74) is 7.86. The summed E-state index contributed by atoms with van der Waals surface area (Å²) in [6, 6.07) is 13.7. The predicted octanol–water partition coefficient (Wildman–Crippen LogP) is 1.99. The summed E-state index contributed by atoms with van der Waals surface area (Å²) >= 11 is 0. The zero-order chi connectivity index (χ0) is 15.7. The van der Waals surface area contributed by atoms with Crippen LogP contribution in [0.25, 0.3) is 0 Å². The number of ether oxygens (including phenoxy) is 1. The van der Waals surface area contributed by atoms with Gasteiger partial charge in [-0.2, -0.15) is 0 Å². The fourth-order valence-electron chi connectivity index (χ4n) is 2.56. The van der Waals surface area contributed by atoms with E-state index in [1.807, 2.05) is 12.1 Å². The van der Waals surface area contributed by atoms with Crippen LogP contribution in [0.15, 0.2) is 48.5 Å². The van der Waals surface area contributed by atoms with Crippen LogP contribution in [0, 0.1) is 0 Å². The van der Waals surface area contributed by atoms with Crippen molar-refractivity contribution < 1.29 is 14.3 Å². The summed E-state index contributed by atoms with van der Waals surface area (Å²) in [4.78, 5) is 25.8. The van der Waals surface area contributed by atoms with Crippen molar-refractivity contribution in [3.05, 3.63) is 65.2 Å². The Morgan fingerprint density at radius 2 is 1.55 bits per heavy atom. The third-order valence-electron chi connectivity index (χ3n) is 3.80. The van der Waals surface area contributed by atoms with Gasteiger partial charge in [0.15, 0.2) is 0 Å². The average molecular weight is 296 g/mol. The summed E-state index contributed by atoms with van der Waals surface area (Å²) in [5, 5.41) is 0. The zero-order valence-corrected chi connectivity index (χ0v) is 12.2. The minimum absolute atomic E-state index is 0.151. The first-order valence-electron chi connectivity index (χ1n) is 6.96. The zero-order valence-electron chi connectivity index (χ0n) is 12.2. The monoisotopic (exact) mass is 296 g/mol. The Labute approximate surface area is 128 Å². The van der Waals surface area contributed by atoms with Crippen LogP contribution in [0.2, 0.25) is 0 Å². The van der Waals surface area contributed by atoms with Crippen molar-refractivity contribution >= 4 is 11.8 Å². The second-order valence-electron chi connectivity index (χ2n) is 5.15. The third kappa shape index (κ3) is 2.35. The van der Waals surface area contributed by atoms with Gasteiger partial charge in [0.05, 0.1) is 18.2 Å². The molecule has 0 radical (unpaired) electrons. The normalized spacial score (nSPS) is 14.9. The molecular weight excluding hydrogens is 280 g/mol. The molecule has 5 heteroatoms. The van der Waals surface area contributed by atoms with Crippen LogP contribution < -0.4 is 10.5 Å². The molecule has 0 aromatic heterocycles. The van der Waals surface area contributed by atoms with Gasteiger partial charge in [0.1, 0.15) is 5.75 Å². The highest BCUT2D eigenvalue weighted by Gasteiger charge is 2.35. The lowest BCUT2D eigenvalue weighted by atomic mass is 10.1. The maximum absolute atomic E-state index is 12.3. The Hall–Kier alpha value is -2.66. The Balaban J connectivity index is 1.79. The quantitative estimate of drug-likeness (QED) is 0.876. The number of imide groups is 1. The fraction of sp³-hybridized carbons (Fsp3) is 0.176. The number of carbonyl (C=O) groups excluding carboxylic acids is 2. The van der Waals surface area contributed by atoms with Gasteiger partial charge < -0.3 is 10.5 Å². The van der Waals surface area contributed by atoms with E-state index in [9.17, 15) is 9.59 Å². The van der Waals surface area contributed by atoms with Crippen molar-refractivity contribution in [2.75, 3.05) is 13.7 Å². The number of methoxy groups -OCH3 is 1. The van der Waals surface area contributed by atoms with Crippen molar-refractivity contribution in [1.82, 2.24) is 4.90 Å². The summed E-state index contributed by atoms with van der Waals surface area (Å²) in [7, 11) is 1.59. The predicted molar refractivity (Wildman–Crippen MR) is 81.7 cm³/mol. The second-order valence-corrected chi connectivity index (χ2v) is 5.15. The van der Waals surface area contributed by atoms with Crippen LogP contribution in [0.5, 0.6) is 5.75 Å². The minimum Gasteiger partial charge on any atom is -0.497 e. The first-order valence-corrected chi connectivity index (χ1v) is 6.96. The van der Waals surface area contributed by atoms with Crippen LogP contribution in [-0.4, -0.2) is 30.4 Å². The molecule has 0 spiro atoms. The number of fused-ring (bicyclic) bond motifs is 1. The number of amides is 2. The molecule has 1 unspecified atom stereocenters. The lowest BCUT2D eigenvalue weighted by Crippen LogP contribution is -2.36. The maximum atomic E-state index is 12.3. The van der Waals surface area contributed by atoms with Gasteiger partial charge >= 0.3 is 0 Å². The fourth-order valence-corrected chi connectivity index (χ4v) is 2.56. The van der Waals surface area contributed by atoms with E-state index in [2.05, 4.69) is 0 Å². The second kappa shape index (κ2) is 5.61. The molecule has 1 heterocycles. The lowest BCUT2D eigenvalue weighted by Gasteiger charge is -2.19. The Morgan fingerprint density at radius 1 is 1.00 bits per heavy atom. The number of nitrogens with zero attached hydrogens (tertiary/aromatic N) is 1. The number of rotatable bonds is 4. The molecule has 3 rings (SSSR count). The summed E-state index contributed by atoms with van der Waals surface area (Å²) in [5.74, 6) is 0.158. The number of carbonyl (C=O) groups is 2. The van der Waals surface area contributed by atoms with E-state index in [-0.39, 0.29) is 18.4 Å². The number of benzene rings is 2. The van der Waals surface area contributed by atoms with Crippen LogP contribution in [0.1, 0.15) is 32.3 Å². The number of hydrogen-bond donors (Lipinski definition) is 1. The summed E-state index contributed by atoms with van der Waals surface area (Å²) in [6.07, 6.45) is 0. The van der Waals surface area contributed by atoms with Gasteiger partial charge in [-0.1, -0.05) is 24.3 Å². The third-order valence-corrected chi connectivity index (χ3v) is 3.80. The highest BCUT2D eigenvalue weighted by molar-refractivity contribution is 6.21. The van der Waals surface area contributed by atoms with Crippen molar-refractivity contribution in [1.29, 1.82) is 0 Å². The number of hydrogen-bond acceptors (Lipinski definition) is 4. The minimum atomic E-state index is -0.437. The van der Waals surface area contributed by atoms with Crippen molar-refractivity contribution in [2.24, 2.45) is 5.73 Å². The molecule has 1 aliphatic rings. The average Bonchev–Trinajstić information content (AvgIpc) is 2.80. The molecule has 22 heavy (non-hydrogen) atoms. The van der Waals surface area contributed by atoms with Crippen molar-refractivity contribution in [2.45, 2.75) is 6.04 Å². The van der Waals surface area contributed by atoms with E-state index in [1.165, 1.54) is 4.90 Å². The highest BCUT2D eigenvalue weighted by atomic mass is 16.5. The smallest absolute Gasteiger partial charge is 0.261 e. The van der Waals surface area contributed by atoms with E-state index in [1.54, 1.807) is 43.5 Å². The van der Waals surface area contributed by atoms with Gasteiger partial charge in [-0.25, -0.2) is 0 Å². The largest absolute Gasteiger partial charge is 0.497 e. The molecule has 0 bridgehead atoms. The van der Waals surface area contributed by atoms with Gasteiger partial charge in [-0.05, 0) is 29.8 Å². The molecular formula is C17H16N2O3. The molecule has 1 atom stereocenters. The van der Waals surface area contributed by atoms with E-state index >= 15 is 0 Å². The van der Waals surface area contributed by atoms with Gasteiger partial charge in [-0.3, -0.25) is 14.5 Å². The molecule has 0 saturated carbocycles. The lowest BCUT2D eigenvalue weighted by molar-refractivity contribution is 0.0644. The van der Waals surface area contributed by atoms with Crippen LogP contribution in [-0.2, 0) is 0 Å². The summed E-state index contributed by atoms with van der Waals surface area (Å²) < 4.78 is 5.10.